The summed E-state index contributed by atoms with van der Waals surface area (Å²) in [6.45, 7) is 0. The first-order valence-electron chi connectivity index (χ1n) is 7.03. The SMILES string of the molecule is CSc1ccc([C@@H]2N=C(N)Nc3[nH]c4ccccc4[n+]32)cc1. The predicted octanol–water partition coefficient (Wildman–Crippen LogP) is 2.46. The molecule has 0 spiro atoms. The molecular formula is C16H16N5S+. The van der Waals surface area contributed by atoms with Crippen molar-refractivity contribution in [1.29, 1.82) is 0 Å². The second-order valence-electron chi connectivity index (χ2n) is 5.15. The van der Waals surface area contributed by atoms with Gasteiger partial charge in [0.25, 0.3) is 5.96 Å². The Morgan fingerprint density at radius 2 is 1.91 bits per heavy atom. The van der Waals surface area contributed by atoms with Gasteiger partial charge in [-0.15, -0.1) is 11.8 Å². The van der Waals surface area contributed by atoms with Gasteiger partial charge in [0.15, 0.2) is 0 Å². The van der Waals surface area contributed by atoms with Crippen molar-refractivity contribution in [2.45, 2.75) is 11.1 Å². The van der Waals surface area contributed by atoms with Crippen LogP contribution in [-0.2, 0) is 0 Å². The molecule has 0 saturated carbocycles. The van der Waals surface area contributed by atoms with E-state index in [-0.39, 0.29) is 6.17 Å². The molecule has 5 nitrogen and oxygen atoms in total. The number of imidazole rings is 1. The number of aromatic amines is 1. The minimum Gasteiger partial charge on any atom is -0.357 e. The van der Waals surface area contributed by atoms with E-state index in [1.165, 1.54) is 4.90 Å². The highest BCUT2D eigenvalue weighted by molar-refractivity contribution is 7.98. The normalized spacial score (nSPS) is 17.0. The second kappa shape index (κ2) is 5.06. The number of nitrogens with one attached hydrogen (secondary N) is 2. The Kier molecular flexibility index (Phi) is 3.04. The molecule has 0 bridgehead atoms. The maximum atomic E-state index is 5.96. The summed E-state index contributed by atoms with van der Waals surface area (Å²) in [6, 6.07) is 16.6. The number of rotatable bonds is 2. The number of nitrogens with zero attached hydrogens (tertiary/aromatic N) is 2. The van der Waals surface area contributed by atoms with Crippen LogP contribution >= 0.6 is 11.8 Å². The molecule has 0 radical (unpaired) electrons. The lowest BCUT2D eigenvalue weighted by Gasteiger charge is -2.18. The molecule has 2 heterocycles. The summed E-state index contributed by atoms with van der Waals surface area (Å²) < 4.78 is 2.14. The van der Waals surface area contributed by atoms with Crippen LogP contribution < -0.4 is 15.6 Å². The van der Waals surface area contributed by atoms with Gasteiger partial charge < -0.3 is 5.73 Å². The molecule has 1 aliphatic rings. The molecule has 1 atom stereocenters. The lowest BCUT2D eigenvalue weighted by Crippen LogP contribution is -2.48. The van der Waals surface area contributed by atoms with E-state index in [9.17, 15) is 0 Å². The van der Waals surface area contributed by atoms with Gasteiger partial charge in [0.05, 0.1) is 0 Å². The maximum absolute atomic E-state index is 5.96. The number of para-hydroxylation sites is 2. The fourth-order valence-corrected chi connectivity index (χ4v) is 3.19. The lowest BCUT2D eigenvalue weighted by atomic mass is 10.1. The molecule has 110 valence electrons. The van der Waals surface area contributed by atoms with Crippen LogP contribution in [0.25, 0.3) is 11.0 Å². The summed E-state index contributed by atoms with van der Waals surface area (Å²) in [7, 11) is 0. The number of thioether (sulfide) groups is 1. The average Bonchev–Trinajstić information content (AvgIpc) is 2.92. The molecule has 0 unspecified atom stereocenters. The van der Waals surface area contributed by atoms with Crippen LogP contribution in [-0.4, -0.2) is 17.2 Å². The molecule has 3 aromatic rings. The van der Waals surface area contributed by atoms with Crippen molar-refractivity contribution in [2.24, 2.45) is 10.7 Å². The fourth-order valence-electron chi connectivity index (χ4n) is 2.79. The van der Waals surface area contributed by atoms with Gasteiger partial charge in [0.2, 0.25) is 6.17 Å². The van der Waals surface area contributed by atoms with Crippen LogP contribution in [0.2, 0.25) is 0 Å². The lowest BCUT2D eigenvalue weighted by molar-refractivity contribution is -0.674. The molecule has 0 amide bonds. The number of aliphatic imine (C=N–C) groups is 1. The van der Waals surface area contributed by atoms with E-state index in [1.807, 2.05) is 18.2 Å². The van der Waals surface area contributed by atoms with E-state index >= 15 is 0 Å². The largest absolute Gasteiger partial charge is 0.365 e. The van der Waals surface area contributed by atoms with E-state index < -0.39 is 0 Å². The molecule has 22 heavy (non-hydrogen) atoms. The minimum absolute atomic E-state index is 0.164. The van der Waals surface area contributed by atoms with Crippen LogP contribution in [0.15, 0.2) is 58.4 Å². The third-order valence-corrected chi connectivity index (χ3v) is 4.57. The molecule has 1 aromatic heterocycles. The van der Waals surface area contributed by atoms with E-state index in [1.54, 1.807) is 11.8 Å². The Hall–Kier alpha value is -2.47. The minimum atomic E-state index is -0.164. The van der Waals surface area contributed by atoms with Gasteiger partial charge in [-0.1, -0.05) is 24.3 Å². The van der Waals surface area contributed by atoms with E-state index in [0.717, 1.165) is 22.5 Å². The fraction of sp³-hybridized carbons (Fsp3) is 0.125. The Morgan fingerprint density at radius 1 is 1.14 bits per heavy atom. The quantitative estimate of drug-likeness (QED) is 0.503. The summed E-state index contributed by atoms with van der Waals surface area (Å²) in [5, 5.41) is 3.10. The van der Waals surface area contributed by atoms with Crippen molar-refractivity contribution in [3.8, 4) is 0 Å². The van der Waals surface area contributed by atoms with Crippen molar-refractivity contribution in [3.05, 3.63) is 54.1 Å². The summed E-state index contributed by atoms with van der Waals surface area (Å²) in [5.41, 5.74) is 9.22. The number of hydrogen-bond donors (Lipinski definition) is 3. The van der Waals surface area contributed by atoms with E-state index in [0.29, 0.717) is 5.96 Å². The number of fused-ring (bicyclic) bond motifs is 3. The number of nitrogens with two attached hydrogens (primary N) is 1. The van der Waals surface area contributed by atoms with Gasteiger partial charge >= 0.3 is 5.95 Å². The number of H-pyrrole nitrogens is 1. The second-order valence-corrected chi connectivity index (χ2v) is 6.03. The first-order chi connectivity index (χ1) is 10.8. The van der Waals surface area contributed by atoms with Crippen LogP contribution in [0.1, 0.15) is 11.7 Å². The maximum Gasteiger partial charge on any atom is 0.365 e. The van der Waals surface area contributed by atoms with Gasteiger partial charge in [-0.05, 0) is 30.5 Å². The Balaban J connectivity index is 1.89. The number of anilines is 1. The Labute approximate surface area is 132 Å². The van der Waals surface area contributed by atoms with Crippen molar-refractivity contribution < 1.29 is 4.57 Å². The zero-order valence-electron chi connectivity index (χ0n) is 12.1. The monoisotopic (exact) mass is 310 g/mol. The van der Waals surface area contributed by atoms with Crippen LogP contribution in [0.4, 0.5) is 5.95 Å². The molecule has 0 aliphatic carbocycles. The van der Waals surface area contributed by atoms with Crippen molar-refractivity contribution in [1.82, 2.24) is 4.98 Å². The first kappa shape index (κ1) is 13.2. The van der Waals surface area contributed by atoms with Gasteiger partial charge in [0.1, 0.15) is 11.0 Å². The van der Waals surface area contributed by atoms with Crippen LogP contribution in [0.5, 0.6) is 0 Å². The molecule has 0 saturated heterocycles. The highest BCUT2D eigenvalue weighted by atomic mass is 32.2. The van der Waals surface area contributed by atoms with E-state index in [4.69, 9.17) is 5.73 Å². The molecule has 1 aliphatic heterocycles. The zero-order chi connectivity index (χ0) is 15.1. The molecule has 0 fully saturated rings. The van der Waals surface area contributed by atoms with Gasteiger partial charge in [-0.25, -0.2) is 14.9 Å². The van der Waals surface area contributed by atoms with Crippen molar-refractivity contribution in [3.63, 3.8) is 0 Å². The number of aromatic nitrogens is 2. The molecule has 6 heteroatoms. The van der Waals surface area contributed by atoms with Crippen molar-refractivity contribution in [2.75, 3.05) is 11.6 Å². The third kappa shape index (κ3) is 2.03. The van der Waals surface area contributed by atoms with Gasteiger partial charge in [-0.3, -0.25) is 0 Å². The van der Waals surface area contributed by atoms with Crippen LogP contribution in [0, 0.1) is 0 Å². The van der Waals surface area contributed by atoms with E-state index in [2.05, 4.69) is 56.4 Å². The topological polar surface area (TPSA) is 70.1 Å². The molecule has 4 rings (SSSR count). The molecular weight excluding hydrogens is 294 g/mol. The Bertz CT molecular complexity index is 866. The smallest absolute Gasteiger partial charge is 0.357 e. The summed E-state index contributed by atoms with van der Waals surface area (Å²) in [4.78, 5) is 9.18. The van der Waals surface area contributed by atoms with Gasteiger partial charge in [-0.2, -0.15) is 4.99 Å². The Morgan fingerprint density at radius 3 is 2.68 bits per heavy atom. The number of guanidine groups is 1. The molecule has 2 aromatic carbocycles. The average molecular weight is 310 g/mol. The molecule has 4 N–H and O–H groups in total. The summed E-state index contributed by atoms with van der Waals surface area (Å²) in [5.74, 6) is 1.28. The first-order valence-corrected chi connectivity index (χ1v) is 8.25. The predicted molar refractivity (Wildman–Crippen MR) is 90.1 cm³/mol. The van der Waals surface area contributed by atoms with Crippen molar-refractivity contribution >= 4 is 34.7 Å². The number of hydrogen-bond acceptors (Lipinski definition) is 4. The third-order valence-electron chi connectivity index (χ3n) is 3.82. The highest BCUT2D eigenvalue weighted by Gasteiger charge is 2.30. The van der Waals surface area contributed by atoms with Gasteiger partial charge in [0, 0.05) is 10.5 Å². The van der Waals surface area contributed by atoms with Crippen LogP contribution in [0.3, 0.4) is 0 Å². The zero-order valence-corrected chi connectivity index (χ0v) is 12.9. The summed E-state index contributed by atoms with van der Waals surface area (Å²) in [6.07, 6.45) is 1.91. The summed E-state index contributed by atoms with van der Waals surface area (Å²) >= 11 is 1.73. The standard InChI is InChI=1S/C16H15N5S/c1-22-11-8-6-10(7-9-11)14-19-15(17)20-16-18-12-4-2-3-5-13(12)21(14)16/h2-9,14H,1H3,(H3,17,18,19,20)/p+1/t14-/m1/s1. The highest BCUT2D eigenvalue weighted by Crippen LogP contribution is 2.25. The number of benzene rings is 2.